The zero-order chi connectivity index (χ0) is 14.3. The maximum atomic E-state index is 12.3. The molecule has 0 radical (unpaired) electrons. The maximum Gasteiger partial charge on any atom is 0.318 e. The van der Waals surface area contributed by atoms with E-state index < -0.39 is 0 Å². The van der Waals surface area contributed by atoms with E-state index in [1.165, 1.54) is 5.56 Å². The summed E-state index contributed by atoms with van der Waals surface area (Å²) in [5, 5.41) is 3.05. The SMILES string of the molecule is COc1ccc(C2(C(C)C)CNC(=O)N2C2CC2)cc1. The van der Waals surface area contributed by atoms with Gasteiger partial charge in [0.15, 0.2) is 0 Å². The van der Waals surface area contributed by atoms with Crippen molar-refractivity contribution in [2.75, 3.05) is 13.7 Å². The van der Waals surface area contributed by atoms with E-state index in [1.807, 2.05) is 12.1 Å². The lowest BCUT2D eigenvalue weighted by molar-refractivity contribution is 0.107. The molecule has 2 amide bonds. The maximum absolute atomic E-state index is 12.3. The van der Waals surface area contributed by atoms with Gasteiger partial charge in [0.25, 0.3) is 0 Å². The molecule has 1 unspecified atom stereocenters. The zero-order valence-electron chi connectivity index (χ0n) is 12.3. The third-order valence-corrected chi connectivity index (χ3v) is 4.61. The largest absolute Gasteiger partial charge is 0.497 e. The fourth-order valence-electron chi connectivity index (χ4n) is 3.32. The van der Waals surface area contributed by atoms with Gasteiger partial charge in [0.1, 0.15) is 5.75 Å². The summed E-state index contributed by atoms with van der Waals surface area (Å²) in [4.78, 5) is 14.3. The molecular weight excluding hydrogens is 252 g/mol. The van der Waals surface area contributed by atoms with Crippen LogP contribution < -0.4 is 10.1 Å². The molecule has 2 fully saturated rings. The normalized spacial score (nSPS) is 26.0. The number of nitrogens with one attached hydrogen (secondary N) is 1. The van der Waals surface area contributed by atoms with Crippen LogP contribution in [-0.4, -0.2) is 30.6 Å². The van der Waals surface area contributed by atoms with Gasteiger partial charge < -0.3 is 15.0 Å². The van der Waals surface area contributed by atoms with Crippen LogP contribution in [0.25, 0.3) is 0 Å². The van der Waals surface area contributed by atoms with E-state index >= 15 is 0 Å². The Labute approximate surface area is 120 Å². The number of benzene rings is 1. The standard InChI is InChI=1S/C16H22N2O2/c1-11(2)16(12-4-8-14(20-3)9-5-12)10-17-15(19)18(16)13-6-7-13/h4-5,8-9,11,13H,6-7,10H2,1-3H3,(H,17,19). The fourth-order valence-corrected chi connectivity index (χ4v) is 3.32. The highest BCUT2D eigenvalue weighted by Gasteiger charge is 2.54. The van der Waals surface area contributed by atoms with Gasteiger partial charge in [-0.2, -0.15) is 0 Å². The minimum Gasteiger partial charge on any atom is -0.497 e. The number of hydrogen-bond acceptors (Lipinski definition) is 2. The van der Waals surface area contributed by atoms with Crippen molar-refractivity contribution in [2.45, 2.75) is 38.3 Å². The molecule has 1 saturated carbocycles. The van der Waals surface area contributed by atoms with E-state index in [9.17, 15) is 4.79 Å². The predicted molar refractivity (Wildman–Crippen MR) is 77.8 cm³/mol. The highest BCUT2D eigenvalue weighted by Crippen LogP contribution is 2.45. The Balaban J connectivity index is 2.04. The summed E-state index contributed by atoms with van der Waals surface area (Å²) in [6, 6.07) is 8.63. The minimum absolute atomic E-state index is 0.0806. The second-order valence-electron chi connectivity index (χ2n) is 6.07. The van der Waals surface area contributed by atoms with Gasteiger partial charge in [-0.1, -0.05) is 26.0 Å². The zero-order valence-corrected chi connectivity index (χ0v) is 12.3. The van der Waals surface area contributed by atoms with Gasteiger partial charge in [0.2, 0.25) is 0 Å². The van der Waals surface area contributed by atoms with Gasteiger partial charge in [-0.15, -0.1) is 0 Å². The lowest BCUT2D eigenvalue weighted by Gasteiger charge is -2.41. The molecule has 1 N–H and O–H groups in total. The molecule has 2 aliphatic rings. The van der Waals surface area contributed by atoms with E-state index in [1.54, 1.807) is 7.11 Å². The smallest absolute Gasteiger partial charge is 0.318 e. The van der Waals surface area contributed by atoms with Crippen LogP contribution in [0.4, 0.5) is 4.79 Å². The van der Waals surface area contributed by atoms with Crippen LogP contribution in [0.15, 0.2) is 24.3 Å². The monoisotopic (exact) mass is 274 g/mol. The lowest BCUT2D eigenvalue weighted by Crippen LogP contribution is -2.49. The van der Waals surface area contributed by atoms with Crippen molar-refractivity contribution >= 4 is 6.03 Å². The van der Waals surface area contributed by atoms with Crippen molar-refractivity contribution in [1.82, 2.24) is 10.2 Å². The molecule has 1 heterocycles. The summed E-state index contributed by atoms with van der Waals surface area (Å²) in [7, 11) is 1.67. The third-order valence-electron chi connectivity index (χ3n) is 4.61. The first-order chi connectivity index (χ1) is 9.59. The summed E-state index contributed by atoms with van der Waals surface area (Å²) in [6.07, 6.45) is 2.25. The molecule has 4 heteroatoms. The number of rotatable bonds is 4. The first-order valence-electron chi connectivity index (χ1n) is 7.31. The van der Waals surface area contributed by atoms with E-state index in [0.717, 1.165) is 18.6 Å². The Kier molecular flexibility index (Phi) is 3.11. The van der Waals surface area contributed by atoms with Crippen LogP contribution >= 0.6 is 0 Å². The highest BCUT2D eigenvalue weighted by molar-refractivity contribution is 5.79. The van der Waals surface area contributed by atoms with Crippen molar-refractivity contribution in [3.05, 3.63) is 29.8 Å². The Morgan fingerprint density at radius 3 is 2.45 bits per heavy atom. The van der Waals surface area contributed by atoms with E-state index in [4.69, 9.17) is 4.74 Å². The van der Waals surface area contributed by atoms with Crippen molar-refractivity contribution in [2.24, 2.45) is 5.92 Å². The van der Waals surface area contributed by atoms with E-state index in [0.29, 0.717) is 18.5 Å². The topological polar surface area (TPSA) is 41.6 Å². The Morgan fingerprint density at radius 2 is 1.95 bits per heavy atom. The van der Waals surface area contributed by atoms with Gasteiger partial charge in [0.05, 0.1) is 12.6 Å². The first kappa shape index (κ1) is 13.3. The molecule has 4 nitrogen and oxygen atoms in total. The molecule has 3 rings (SSSR count). The van der Waals surface area contributed by atoms with Gasteiger partial charge in [-0.3, -0.25) is 0 Å². The molecular formula is C16H22N2O2. The van der Waals surface area contributed by atoms with E-state index in [2.05, 4.69) is 36.2 Å². The van der Waals surface area contributed by atoms with Gasteiger partial charge >= 0.3 is 6.03 Å². The van der Waals surface area contributed by atoms with Crippen LogP contribution in [-0.2, 0) is 5.54 Å². The molecule has 1 aliphatic heterocycles. The predicted octanol–water partition coefficient (Wildman–Crippen LogP) is 2.73. The van der Waals surface area contributed by atoms with Crippen molar-refractivity contribution in [3.63, 3.8) is 0 Å². The summed E-state index contributed by atoms with van der Waals surface area (Å²) in [5.41, 5.74) is 0.961. The molecule has 0 bridgehead atoms. The van der Waals surface area contributed by atoms with Gasteiger partial charge in [-0.25, -0.2) is 4.79 Å². The third kappa shape index (κ3) is 1.86. The summed E-state index contributed by atoms with van der Waals surface area (Å²) >= 11 is 0. The number of amides is 2. The summed E-state index contributed by atoms with van der Waals surface area (Å²) < 4.78 is 5.24. The fraction of sp³-hybridized carbons (Fsp3) is 0.562. The average molecular weight is 274 g/mol. The quantitative estimate of drug-likeness (QED) is 0.917. The van der Waals surface area contributed by atoms with Crippen LogP contribution in [0.5, 0.6) is 5.75 Å². The second kappa shape index (κ2) is 4.69. The molecule has 1 aromatic carbocycles. The number of urea groups is 1. The van der Waals surface area contributed by atoms with Gasteiger partial charge in [-0.05, 0) is 36.5 Å². The Bertz CT molecular complexity index is 508. The van der Waals surface area contributed by atoms with Crippen molar-refractivity contribution < 1.29 is 9.53 Å². The molecule has 0 aromatic heterocycles. The Hall–Kier alpha value is -1.71. The molecule has 1 aromatic rings. The first-order valence-corrected chi connectivity index (χ1v) is 7.31. The van der Waals surface area contributed by atoms with E-state index in [-0.39, 0.29) is 11.6 Å². The van der Waals surface area contributed by atoms with Crippen LogP contribution in [0.2, 0.25) is 0 Å². The Morgan fingerprint density at radius 1 is 1.30 bits per heavy atom. The molecule has 108 valence electrons. The number of hydrogen-bond donors (Lipinski definition) is 1. The van der Waals surface area contributed by atoms with Gasteiger partial charge in [0, 0.05) is 12.6 Å². The highest BCUT2D eigenvalue weighted by atomic mass is 16.5. The number of carbonyl (C=O) groups excluding carboxylic acids is 1. The average Bonchev–Trinajstić information content (AvgIpc) is 3.22. The van der Waals surface area contributed by atoms with Crippen molar-refractivity contribution in [1.29, 1.82) is 0 Å². The van der Waals surface area contributed by atoms with Crippen LogP contribution in [0.1, 0.15) is 32.3 Å². The molecule has 1 saturated heterocycles. The minimum atomic E-state index is -0.232. The van der Waals surface area contributed by atoms with Crippen LogP contribution in [0, 0.1) is 5.92 Å². The number of ether oxygens (including phenoxy) is 1. The summed E-state index contributed by atoms with van der Waals surface area (Å²) in [6.45, 7) is 5.08. The molecule has 1 aliphatic carbocycles. The number of nitrogens with zero attached hydrogens (tertiary/aromatic N) is 1. The number of carbonyl (C=O) groups is 1. The van der Waals surface area contributed by atoms with Crippen LogP contribution in [0.3, 0.4) is 0 Å². The lowest BCUT2D eigenvalue weighted by atomic mass is 9.79. The molecule has 20 heavy (non-hydrogen) atoms. The number of methoxy groups -OCH3 is 1. The molecule has 1 atom stereocenters. The van der Waals surface area contributed by atoms with Crippen molar-refractivity contribution in [3.8, 4) is 5.75 Å². The molecule has 0 spiro atoms. The summed E-state index contributed by atoms with van der Waals surface area (Å²) in [5.74, 6) is 1.21. The second-order valence-corrected chi connectivity index (χ2v) is 6.07.